The Morgan fingerprint density at radius 3 is 2.14 bits per heavy atom. The van der Waals surface area contributed by atoms with Gasteiger partial charge >= 0.3 is 0 Å². The molecule has 2 aliphatic carbocycles. The number of methoxy groups -OCH3 is 1. The highest BCUT2D eigenvalue weighted by Crippen LogP contribution is 2.36. The first kappa shape index (κ1) is 16.9. The minimum atomic E-state index is 0.410. The molecule has 0 saturated carbocycles. The topological polar surface area (TPSA) is 27.7 Å². The van der Waals surface area contributed by atoms with E-state index in [0.717, 1.165) is 23.7 Å². The zero-order chi connectivity index (χ0) is 16.1. The Morgan fingerprint density at radius 2 is 1.64 bits per heavy atom. The van der Waals surface area contributed by atoms with Gasteiger partial charge in [-0.2, -0.15) is 3.84 Å². The molecule has 0 radical (unpaired) electrons. The number of halogens is 2. The summed E-state index contributed by atoms with van der Waals surface area (Å²) in [4.78, 5) is 0. The molecule has 0 fully saturated rings. The fraction of sp³-hybridized carbons (Fsp3) is 0.294. The van der Waals surface area contributed by atoms with Gasteiger partial charge in [0.1, 0.15) is 17.2 Å². The second-order valence-electron chi connectivity index (χ2n) is 5.34. The predicted octanol–water partition coefficient (Wildman–Crippen LogP) is 5.83. The molecule has 5 heteroatoms. The van der Waals surface area contributed by atoms with E-state index in [1.54, 1.807) is 7.11 Å². The Bertz CT molecular complexity index is 638. The van der Waals surface area contributed by atoms with Crippen LogP contribution >= 0.6 is 23.7 Å². The van der Waals surface area contributed by atoms with Gasteiger partial charge in [0.2, 0.25) is 0 Å². The van der Waals surface area contributed by atoms with Crippen LogP contribution in [-0.4, -0.2) is 7.11 Å². The summed E-state index contributed by atoms with van der Waals surface area (Å²) in [5.41, 5.74) is 3.86. The summed E-state index contributed by atoms with van der Waals surface area (Å²) in [6.45, 7) is 4.32. The third kappa shape index (κ3) is 3.86. The molecule has 0 amide bonds. The van der Waals surface area contributed by atoms with Crippen LogP contribution in [0.3, 0.4) is 0 Å². The van der Waals surface area contributed by atoms with Crippen molar-refractivity contribution >= 4 is 23.7 Å². The molecule has 118 valence electrons. The van der Waals surface area contributed by atoms with Crippen molar-refractivity contribution in [3.8, 4) is 17.2 Å². The quantitative estimate of drug-likeness (QED) is 0.598. The van der Waals surface area contributed by atoms with Crippen molar-refractivity contribution in [2.45, 2.75) is 26.2 Å². The first-order valence-electron chi connectivity index (χ1n) is 6.96. The standard InChI is InChI=1S/C17H18O2.Cl2O/c1-11(2)15-10-14(5-7-17(15)18-3)19-16-6-4-12-8-13(16)9-12;1-3-2/h4-8,10-11H,9H2,1-3H3;. The average molecular weight is 341 g/mol. The fourth-order valence-electron chi connectivity index (χ4n) is 2.42. The second-order valence-corrected chi connectivity index (χ2v) is 5.80. The van der Waals surface area contributed by atoms with Crippen molar-refractivity contribution in [2.24, 2.45) is 0 Å². The maximum atomic E-state index is 5.99. The third-order valence-electron chi connectivity index (χ3n) is 3.57. The monoisotopic (exact) mass is 340 g/mol. The summed E-state index contributed by atoms with van der Waals surface area (Å²) < 4.78 is 14.6. The largest absolute Gasteiger partial charge is 0.496 e. The highest BCUT2D eigenvalue weighted by molar-refractivity contribution is 6.24. The molecule has 22 heavy (non-hydrogen) atoms. The van der Waals surface area contributed by atoms with E-state index in [0.29, 0.717) is 5.92 Å². The van der Waals surface area contributed by atoms with E-state index in [9.17, 15) is 0 Å². The number of ether oxygens (including phenoxy) is 2. The molecule has 0 atom stereocenters. The number of hydrogen-bond acceptors (Lipinski definition) is 3. The first-order chi connectivity index (χ1) is 10.6. The lowest BCUT2D eigenvalue weighted by atomic mass is 9.92. The normalized spacial score (nSPS) is 11.4. The fourth-order valence-corrected chi connectivity index (χ4v) is 2.42. The lowest BCUT2D eigenvalue weighted by Gasteiger charge is -2.20. The molecule has 0 saturated heterocycles. The Hall–Kier alpha value is -1.42. The number of fused-ring (bicyclic) bond motifs is 2. The lowest BCUT2D eigenvalue weighted by Crippen LogP contribution is -2.03. The van der Waals surface area contributed by atoms with E-state index in [2.05, 4.69) is 59.6 Å². The molecule has 2 aromatic carbocycles. The highest BCUT2D eigenvalue weighted by Gasteiger charge is 2.16. The minimum absolute atomic E-state index is 0.410. The Morgan fingerprint density at radius 1 is 1.00 bits per heavy atom. The molecule has 2 aromatic rings. The van der Waals surface area contributed by atoms with Gasteiger partial charge in [0.25, 0.3) is 0 Å². The summed E-state index contributed by atoms with van der Waals surface area (Å²) in [6.07, 6.45) is 1.04. The van der Waals surface area contributed by atoms with Crippen molar-refractivity contribution in [2.75, 3.05) is 7.11 Å². The number of benzene rings is 2. The van der Waals surface area contributed by atoms with Crippen molar-refractivity contribution in [3.05, 3.63) is 53.1 Å². The van der Waals surface area contributed by atoms with Crippen molar-refractivity contribution < 1.29 is 13.3 Å². The SMILES string of the molecule is COc1ccc(Oc2ccc3cc2C3)cc1C(C)C.ClOCl. The first-order valence-corrected chi connectivity index (χ1v) is 7.57. The zero-order valence-corrected chi connectivity index (χ0v) is 14.2. The molecule has 0 aliphatic heterocycles. The van der Waals surface area contributed by atoms with Gasteiger partial charge in [-0.1, -0.05) is 26.0 Å². The van der Waals surface area contributed by atoms with E-state index in [1.807, 2.05) is 18.2 Å². The number of hydrogen-bond donors (Lipinski definition) is 0. The van der Waals surface area contributed by atoms with Crippen LogP contribution in [0.1, 0.15) is 36.5 Å². The van der Waals surface area contributed by atoms with Crippen LogP contribution in [0.15, 0.2) is 36.4 Å². The van der Waals surface area contributed by atoms with Crippen LogP contribution in [0.4, 0.5) is 0 Å². The molecule has 3 nitrogen and oxygen atoms in total. The van der Waals surface area contributed by atoms with Gasteiger partial charge in [-0.05, 0) is 41.3 Å². The van der Waals surface area contributed by atoms with Gasteiger partial charge in [0, 0.05) is 12.0 Å². The van der Waals surface area contributed by atoms with Crippen LogP contribution in [-0.2, 0) is 10.3 Å². The van der Waals surface area contributed by atoms with Crippen molar-refractivity contribution in [1.29, 1.82) is 0 Å². The van der Waals surface area contributed by atoms with E-state index in [4.69, 9.17) is 9.47 Å². The predicted molar refractivity (Wildman–Crippen MR) is 89.2 cm³/mol. The third-order valence-corrected chi connectivity index (χ3v) is 3.57. The zero-order valence-electron chi connectivity index (χ0n) is 12.7. The smallest absolute Gasteiger partial charge is 0.130 e. The second kappa shape index (κ2) is 7.73. The van der Waals surface area contributed by atoms with Crippen LogP contribution in [0.2, 0.25) is 0 Å². The van der Waals surface area contributed by atoms with E-state index >= 15 is 0 Å². The Labute approximate surface area is 141 Å². The molecule has 2 bridgehead atoms. The van der Waals surface area contributed by atoms with Gasteiger partial charge in [-0.25, -0.2) is 0 Å². The lowest BCUT2D eigenvalue weighted by molar-refractivity contribution is 0.405. The van der Waals surface area contributed by atoms with Crippen LogP contribution in [0.5, 0.6) is 17.2 Å². The molecule has 0 unspecified atom stereocenters. The maximum Gasteiger partial charge on any atom is 0.130 e. The summed E-state index contributed by atoms with van der Waals surface area (Å²) in [7, 11) is 1.71. The van der Waals surface area contributed by atoms with Crippen LogP contribution < -0.4 is 9.47 Å². The van der Waals surface area contributed by atoms with E-state index < -0.39 is 0 Å². The summed E-state index contributed by atoms with van der Waals surface area (Å²) >= 11 is 8.53. The molecule has 0 spiro atoms. The summed E-state index contributed by atoms with van der Waals surface area (Å²) in [5.74, 6) is 3.17. The molecular formula is C17H18Cl2O3. The number of rotatable bonds is 4. The van der Waals surface area contributed by atoms with Crippen molar-refractivity contribution in [1.82, 2.24) is 0 Å². The van der Waals surface area contributed by atoms with Gasteiger partial charge < -0.3 is 9.47 Å². The van der Waals surface area contributed by atoms with E-state index in [-0.39, 0.29) is 0 Å². The summed E-state index contributed by atoms with van der Waals surface area (Å²) in [6, 6.07) is 12.4. The highest BCUT2D eigenvalue weighted by atomic mass is 35.6. The Balaban J connectivity index is 0.000000545. The van der Waals surface area contributed by atoms with E-state index in [1.165, 1.54) is 16.7 Å². The molecule has 4 rings (SSSR count). The molecule has 2 aliphatic rings. The van der Waals surface area contributed by atoms with Crippen LogP contribution in [0, 0.1) is 0 Å². The van der Waals surface area contributed by atoms with Gasteiger partial charge in [-0.15, -0.1) is 0 Å². The maximum absolute atomic E-state index is 5.99. The average Bonchev–Trinajstić information content (AvgIpc) is 2.47. The van der Waals surface area contributed by atoms with Gasteiger partial charge in [0.05, 0.1) is 30.8 Å². The Kier molecular flexibility index (Phi) is 5.95. The molecule has 0 heterocycles. The minimum Gasteiger partial charge on any atom is -0.496 e. The molecular weight excluding hydrogens is 323 g/mol. The van der Waals surface area contributed by atoms with Gasteiger partial charge in [-0.3, -0.25) is 0 Å². The van der Waals surface area contributed by atoms with Crippen LogP contribution in [0.25, 0.3) is 0 Å². The molecule has 0 N–H and O–H groups in total. The van der Waals surface area contributed by atoms with Crippen molar-refractivity contribution in [3.63, 3.8) is 0 Å². The molecule has 0 aromatic heterocycles. The summed E-state index contributed by atoms with van der Waals surface area (Å²) in [5, 5.41) is 0. The van der Waals surface area contributed by atoms with Gasteiger partial charge in [0.15, 0.2) is 0 Å².